The first-order chi connectivity index (χ1) is 10.9. The minimum atomic E-state index is -0.912. The quantitative estimate of drug-likeness (QED) is 0.739. The molecule has 9 nitrogen and oxygen atoms in total. The summed E-state index contributed by atoms with van der Waals surface area (Å²) in [6, 6.07) is 0.920. The third-order valence-electron chi connectivity index (χ3n) is 3.62. The number of piperidine rings is 1. The van der Waals surface area contributed by atoms with E-state index >= 15 is 0 Å². The smallest absolute Gasteiger partial charge is 0.321 e. The minimum Gasteiger partial charge on any atom is -0.481 e. The first-order valence-corrected chi connectivity index (χ1v) is 7.05. The maximum atomic E-state index is 12.2. The molecule has 1 atom stereocenters. The second kappa shape index (κ2) is 6.95. The number of aromatic nitrogens is 1. The Labute approximate surface area is 132 Å². The number of likely N-dealkylation sites (tertiary alicyclic amines) is 1. The highest BCUT2D eigenvalue weighted by Gasteiger charge is 2.28. The van der Waals surface area contributed by atoms with Gasteiger partial charge in [0.15, 0.2) is 0 Å². The van der Waals surface area contributed by atoms with E-state index < -0.39 is 23.8 Å². The molecule has 0 aliphatic carbocycles. The number of ether oxygens (including phenoxy) is 1. The van der Waals surface area contributed by atoms with Crippen LogP contribution in [0.25, 0.3) is 0 Å². The molecule has 1 unspecified atom stereocenters. The number of carboxylic acids is 1. The highest BCUT2D eigenvalue weighted by atomic mass is 16.5. The van der Waals surface area contributed by atoms with Gasteiger partial charge in [0.05, 0.1) is 24.9 Å². The maximum absolute atomic E-state index is 12.2. The Morgan fingerprint density at radius 1 is 1.48 bits per heavy atom. The fourth-order valence-corrected chi connectivity index (χ4v) is 2.43. The van der Waals surface area contributed by atoms with Crippen LogP contribution in [0.2, 0.25) is 0 Å². The molecule has 23 heavy (non-hydrogen) atoms. The number of methoxy groups -OCH3 is 1. The fourth-order valence-electron chi connectivity index (χ4n) is 2.43. The fraction of sp³-hybridized carbons (Fsp3) is 0.429. The van der Waals surface area contributed by atoms with Gasteiger partial charge in [0, 0.05) is 13.1 Å². The van der Waals surface area contributed by atoms with Crippen LogP contribution in [0.4, 0.5) is 10.5 Å². The number of carbonyl (C=O) groups is 3. The Balaban J connectivity index is 2.09. The maximum Gasteiger partial charge on any atom is 0.321 e. The highest BCUT2D eigenvalue weighted by Crippen LogP contribution is 2.21. The van der Waals surface area contributed by atoms with E-state index in [0.717, 1.165) is 0 Å². The van der Waals surface area contributed by atoms with Crippen LogP contribution in [-0.4, -0.2) is 53.1 Å². The molecule has 0 radical (unpaired) electrons. The average Bonchev–Trinajstić information content (AvgIpc) is 2.54. The van der Waals surface area contributed by atoms with Crippen molar-refractivity contribution >= 4 is 23.6 Å². The van der Waals surface area contributed by atoms with Crippen molar-refractivity contribution in [3.8, 4) is 5.88 Å². The lowest BCUT2D eigenvalue weighted by Gasteiger charge is -2.30. The van der Waals surface area contributed by atoms with Crippen molar-refractivity contribution in [3.05, 3.63) is 17.8 Å². The Bertz CT molecular complexity index is 634. The first kappa shape index (κ1) is 16.5. The van der Waals surface area contributed by atoms with Crippen LogP contribution in [0.3, 0.4) is 0 Å². The Morgan fingerprint density at radius 2 is 2.22 bits per heavy atom. The molecular formula is C14H18N4O5. The van der Waals surface area contributed by atoms with Crippen molar-refractivity contribution in [2.75, 3.05) is 25.5 Å². The third kappa shape index (κ3) is 3.87. The molecule has 1 aliphatic rings. The molecule has 4 N–H and O–H groups in total. The summed E-state index contributed by atoms with van der Waals surface area (Å²) in [5, 5.41) is 11.6. The second-order valence-corrected chi connectivity index (χ2v) is 5.20. The van der Waals surface area contributed by atoms with E-state index in [1.54, 1.807) is 0 Å². The summed E-state index contributed by atoms with van der Waals surface area (Å²) in [5.74, 6) is -2.14. The van der Waals surface area contributed by atoms with E-state index in [2.05, 4.69) is 10.3 Å². The molecule has 124 valence electrons. The predicted octanol–water partition coefficient (Wildman–Crippen LogP) is 0.518. The molecule has 1 aromatic rings. The van der Waals surface area contributed by atoms with Gasteiger partial charge in [-0.3, -0.25) is 9.59 Å². The van der Waals surface area contributed by atoms with Crippen LogP contribution in [0.15, 0.2) is 12.3 Å². The largest absolute Gasteiger partial charge is 0.481 e. The monoisotopic (exact) mass is 322 g/mol. The molecule has 1 aromatic heterocycles. The molecule has 1 saturated heterocycles. The zero-order chi connectivity index (χ0) is 17.0. The van der Waals surface area contributed by atoms with Crippen molar-refractivity contribution in [1.29, 1.82) is 0 Å². The van der Waals surface area contributed by atoms with Crippen molar-refractivity contribution in [2.45, 2.75) is 12.8 Å². The zero-order valence-electron chi connectivity index (χ0n) is 12.6. The number of anilines is 1. The first-order valence-electron chi connectivity index (χ1n) is 7.05. The number of amides is 3. The number of aliphatic carboxylic acids is 1. The lowest BCUT2D eigenvalue weighted by atomic mass is 9.99. The highest BCUT2D eigenvalue weighted by molar-refractivity contribution is 5.97. The summed E-state index contributed by atoms with van der Waals surface area (Å²) in [5.41, 5.74) is 5.56. The Hall–Kier alpha value is -2.84. The van der Waals surface area contributed by atoms with Gasteiger partial charge in [0.1, 0.15) is 5.56 Å². The van der Waals surface area contributed by atoms with Crippen molar-refractivity contribution in [3.63, 3.8) is 0 Å². The van der Waals surface area contributed by atoms with Gasteiger partial charge < -0.3 is 25.8 Å². The molecule has 0 spiro atoms. The number of nitrogens with zero attached hydrogens (tertiary/aromatic N) is 2. The van der Waals surface area contributed by atoms with Crippen LogP contribution in [-0.2, 0) is 4.79 Å². The number of carboxylic acid groups (broad SMARTS) is 1. The number of hydrogen-bond donors (Lipinski definition) is 3. The van der Waals surface area contributed by atoms with Gasteiger partial charge >= 0.3 is 12.0 Å². The van der Waals surface area contributed by atoms with Crippen LogP contribution >= 0.6 is 0 Å². The third-order valence-corrected chi connectivity index (χ3v) is 3.62. The van der Waals surface area contributed by atoms with E-state index in [-0.39, 0.29) is 23.7 Å². The number of nitrogens with two attached hydrogens (primary N) is 1. The number of primary amides is 1. The van der Waals surface area contributed by atoms with Crippen LogP contribution in [0.1, 0.15) is 23.2 Å². The minimum absolute atomic E-state index is 0.0485. The summed E-state index contributed by atoms with van der Waals surface area (Å²) in [6.45, 7) is 0.620. The molecule has 0 saturated carbocycles. The molecular weight excluding hydrogens is 304 g/mol. The Morgan fingerprint density at radius 3 is 2.83 bits per heavy atom. The Kier molecular flexibility index (Phi) is 4.99. The average molecular weight is 322 g/mol. The van der Waals surface area contributed by atoms with Crippen molar-refractivity contribution in [1.82, 2.24) is 9.88 Å². The zero-order valence-corrected chi connectivity index (χ0v) is 12.6. The van der Waals surface area contributed by atoms with Gasteiger partial charge in [0.25, 0.3) is 5.91 Å². The topological polar surface area (TPSA) is 135 Å². The van der Waals surface area contributed by atoms with Gasteiger partial charge in [-0.1, -0.05) is 0 Å². The van der Waals surface area contributed by atoms with Gasteiger partial charge in [-0.25, -0.2) is 9.78 Å². The molecule has 9 heteroatoms. The van der Waals surface area contributed by atoms with E-state index in [1.807, 2.05) is 0 Å². The number of pyridine rings is 1. The van der Waals surface area contributed by atoms with Crippen molar-refractivity contribution < 1.29 is 24.2 Å². The summed E-state index contributed by atoms with van der Waals surface area (Å²) in [6.07, 6.45) is 2.51. The summed E-state index contributed by atoms with van der Waals surface area (Å²) in [4.78, 5) is 39.9. The molecule has 2 heterocycles. The number of nitrogens with one attached hydrogen (secondary N) is 1. The summed E-state index contributed by atoms with van der Waals surface area (Å²) in [7, 11) is 1.35. The number of rotatable bonds is 4. The van der Waals surface area contributed by atoms with Crippen LogP contribution in [0.5, 0.6) is 5.88 Å². The number of carbonyl (C=O) groups excluding carboxylic acids is 2. The molecule has 0 bridgehead atoms. The molecule has 1 aliphatic heterocycles. The number of urea groups is 1. The van der Waals surface area contributed by atoms with E-state index in [0.29, 0.717) is 19.4 Å². The molecule has 3 amide bonds. The molecule has 2 rings (SSSR count). The van der Waals surface area contributed by atoms with Gasteiger partial charge in [-0.15, -0.1) is 0 Å². The van der Waals surface area contributed by atoms with Gasteiger partial charge in [0.2, 0.25) is 5.88 Å². The number of hydrogen-bond acceptors (Lipinski definition) is 5. The van der Waals surface area contributed by atoms with Crippen LogP contribution < -0.4 is 15.8 Å². The lowest BCUT2D eigenvalue weighted by molar-refractivity contribution is -0.143. The SMILES string of the molecule is COc1ncc(NC(=O)N2CCCC(C(=O)O)C2)cc1C(N)=O. The van der Waals surface area contributed by atoms with E-state index in [4.69, 9.17) is 15.6 Å². The molecule has 1 fully saturated rings. The lowest BCUT2D eigenvalue weighted by Crippen LogP contribution is -2.44. The van der Waals surface area contributed by atoms with E-state index in [9.17, 15) is 14.4 Å². The van der Waals surface area contributed by atoms with Gasteiger partial charge in [-0.05, 0) is 18.9 Å². The normalized spacial score (nSPS) is 17.4. The standard InChI is InChI=1S/C14H18N4O5/c1-23-12-10(11(15)19)5-9(6-16-12)17-14(22)18-4-2-3-8(7-18)13(20)21/h5-6,8H,2-4,7H2,1H3,(H2,15,19)(H,17,22)(H,20,21). The van der Waals surface area contributed by atoms with E-state index in [1.165, 1.54) is 24.3 Å². The summed E-state index contributed by atoms with van der Waals surface area (Å²) >= 11 is 0. The second-order valence-electron chi connectivity index (χ2n) is 5.20. The predicted molar refractivity (Wildman–Crippen MR) is 80.3 cm³/mol. The van der Waals surface area contributed by atoms with Crippen LogP contribution in [0, 0.1) is 5.92 Å². The molecule has 0 aromatic carbocycles. The van der Waals surface area contributed by atoms with Crippen molar-refractivity contribution in [2.24, 2.45) is 11.7 Å². The summed E-state index contributed by atoms with van der Waals surface area (Å²) < 4.78 is 4.92. The van der Waals surface area contributed by atoms with Gasteiger partial charge in [-0.2, -0.15) is 0 Å².